The summed E-state index contributed by atoms with van der Waals surface area (Å²) in [6, 6.07) is 0.995. The summed E-state index contributed by atoms with van der Waals surface area (Å²) in [6.07, 6.45) is -3.53. The maximum atomic E-state index is 12.6. The molecule has 3 heterocycles. The molecule has 3 rings (SSSR count). The molecule has 1 saturated heterocycles. The summed E-state index contributed by atoms with van der Waals surface area (Å²) < 4.78 is 43.0. The molecule has 1 aliphatic rings. The van der Waals surface area contributed by atoms with Crippen LogP contribution >= 0.6 is 11.3 Å². The summed E-state index contributed by atoms with van der Waals surface area (Å²) in [5, 5.41) is 7.80. The minimum Gasteiger partial charge on any atom is -0.356 e. The first-order valence-corrected chi connectivity index (χ1v) is 7.43. The number of hydrogen-bond donors (Lipinski definition) is 1. The molecular formula is C13H12F3N3O2S. The highest BCUT2D eigenvalue weighted by atomic mass is 32.1. The van der Waals surface area contributed by atoms with Gasteiger partial charge in [0.25, 0.3) is 0 Å². The van der Waals surface area contributed by atoms with Crippen molar-refractivity contribution in [3.63, 3.8) is 0 Å². The molecule has 0 radical (unpaired) electrons. The Balaban J connectivity index is 1.88. The number of alkyl halides is 3. The van der Waals surface area contributed by atoms with Crippen molar-refractivity contribution in [3.05, 3.63) is 22.2 Å². The third-order valence-corrected chi connectivity index (χ3v) is 4.60. The Labute approximate surface area is 127 Å². The summed E-state index contributed by atoms with van der Waals surface area (Å²) >= 11 is 0.585. The van der Waals surface area contributed by atoms with Crippen molar-refractivity contribution >= 4 is 17.2 Å². The number of nitrogens with one attached hydrogen (secondary N) is 1. The van der Waals surface area contributed by atoms with E-state index in [2.05, 4.69) is 15.5 Å². The number of thiophene rings is 1. The molecule has 22 heavy (non-hydrogen) atoms. The fraction of sp³-hybridized carbons (Fsp3) is 0.462. The minimum absolute atomic E-state index is 0.106. The summed E-state index contributed by atoms with van der Waals surface area (Å²) in [6.45, 7) is 2.33. The molecular weight excluding hydrogens is 319 g/mol. The summed E-state index contributed by atoms with van der Waals surface area (Å²) in [4.78, 5) is 15.0. The van der Waals surface area contributed by atoms with Crippen molar-refractivity contribution in [3.8, 4) is 11.4 Å². The van der Waals surface area contributed by atoms with Crippen molar-refractivity contribution in [1.29, 1.82) is 0 Å². The Morgan fingerprint density at radius 3 is 2.86 bits per heavy atom. The van der Waals surface area contributed by atoms with Crippen molar-refractivity contribution in [1.82, 2.24) is 15.5 Å². The van der Waals surface area contributed by atoms with E-state index in [1.165, 1.54) is 5.38 Å². The second-order valence-electron chi connectivity index (χ2n) is 5.46. The predicted molar refractivity (Wildman–Crippen MR) is 72.2 cm³/mol. The standard InChI is InChI=1S/C13H12F3N3O2S/c1-12(2-3-17-9(20)5-12)11-18-10(19-21-11)7-4-8(22-6-7)13(14,15)16/h4,6H,2-3,5H2,1H3,(H,17,20). The van der Waals surface area contributed by atoms with Crippen LogP contribution in [0.4, 0.5) is 13.2 Å². The zero-order valence-corrected chi connectivity index (χ0v) is 12.3. The van der Waals surface area contributed by atoms with E-state index in [9.17, 15) is 18.0 Å². The topological polar surface area (TPSA) is 68.0 Å². The number of aromatic nitrogens is 2. The Morgan fingerprint density at radius 1 is 1.45 bits per heavy atom. The first kappa shape index (κ1) is 15.0. The maximum Gasteiger partial charge on any atom is 0.425 e. The zero-order chi connectivity index (χ0) is 16.0. The number of halogens is 3. The smallest absolute Gasteiger partial charge is 0.356 e. The van der Waals surface area contributed by atoms with Gasteiger partial charge >= 0.3 is 6.18 Å². The largest absolute Gasteiger partial charge is 0.425 e. The third-order valence-electron chi connectivity index (χ3n) is 3.63. The summed E-state index contributed by atoms with van der Waals surface area (Å²) in [5.74, 6) is 0.273. The quantitative estimate of drug-likeness (QED) is 0.918. The Bertz CT molecular complexity index is 709. The molecule has 1 unspecified atom stereocenters. The van der Waals surface area contributed by atoms with Crippen LogP contribution in [0, 0.1) is 0 Å². The van der Waals surface area contributed by atoms with Gasteiger partial charge in [-0.2, -0.15) is 18.2 Å². The Kier molecular flexibility index (Phi) is 3.47. The fourth-order valence-electron chi connectivity index (χ4n) is 2.35. The van der Waals surface area contributed by atoms with Crippen LogP contribution < -0.4 is 5.32 Å². The average Bonchev–Trinajstić information content (AvgIpc) is 3.07. The molecule has 0 bridgehead atoms. The third kappa shape index (κ3) is 2.72. The molecule has 1 fully saturated rings. The van der Waals surface area contributed by atoms with E-state index in [1.54, 1.807) is 0 Å². The molecule has 1 aliphatic heterocycles. The highest BCUT2D eigenvalue weighted by molar-refractivity contribution is 7.10. The SMILES string of the molecule is CC1(c2nc(-c3csc(C(F)(F)F)c3)no2)CCNC(=O)C1. The van der Waals surface area contributed by atoms with Gasteiger partial charge in [0, 0.05) is 23.9 Å². The summed E-state index contributed by atoms with van der Waals surface area (Å²) in [5.41, 5.74) is -0.326. The molecule has 0 aromatic carbocycles. The second-order valence-corrected chi connectivity index (χ2v) is 6.37. The molecule has 5 nitrogen and oxygen atoms in total. The van der Waals surface area contributed by atoms with E-state index < -0.39 is 16.5 Å². The molecule has 1 atom stereocenters. The highest BCUT2D eigenvalue weighted by Gasteiger charge is 2.38. The van der Waals surface area contributed by atoms with Gasteiger partial charge in [0.05, 0.1) is 5.41 Å². The number of rotatable bonds is 2. The van der Waals surface area contributed by atoms with Gasteiger partial charge in [0.2, 0.25) is 17.6 Å². The van der Waals surface area contributed by atoms with Gasteiger partial charge in [-0.1, -0.05) is 12.1 Å². The van der Waals surface area contributed by atoms with E-state index in [1.807, 2.05) is 6.92 Å². The van der Waals surface area contributed by atoms with Gasteiger partial charge in [0.1, 0.15) is 4.88 Å². The van der Waals surface area contributed by atoms with E-state index >= 15 is 0 Å². The second kappa shape index (κ2) is 5.08. The average molecular weight is 331 g/mol. The van der Waals surface area contributed by atoms with Gasteiger partial charge in [-0.3, -0.25) is 4.79 Å². The Hall–Kier alpha value is -1.90. The molecule has 0 spiro atoms. The summed E-state index contributed by atoms with van der Waals surface area (Å²) in [7, 11) is 0. The van der Waals surface area contributed by atoms with Crippen LogP contribution in [0.25, 0.3) is 11.4 Å². The molecule has 0 aliphatic carbocycles. The molecule has 1 N–H and O–H groups in total. The highest BCUT2D eigenvalue weighted by Crippen LogP contribution is 2.38. The van der Waals surface area contributed by atoms with Crippen LogP contribution in [0.2, 0.25) is 0 Å². The molecule has 0 saturated carbocycles. The van der Waals surface area contributed by atoms with E-state index in [4.69, 9.17) is 4.52 Å². The van der Waals surface area contributed by atoms with Crippen LogP contribution in [-0.4, -0.2) is 22.6 Å². The molecule has 2 aromatic rings. The monoisotopic (exact) mass is 331 g/mol. The van der Waals surface area contributed by atoms with Crippen LogP contribution in [0.1, 0.15) is 30.5 Å². The van der Waals surface area contributed by atoms with E-state index in [0.29, 0.717) is 24.3 Å². The Morgan fingerprint density at radius 2 is 2.23 bits per heavy atom. The molecule has 2 aromatic heterocycles. The van der Waals surface area contributed by atoms with Crippen LogP contribution in [0.15, 0.2) is 16.0 Å². The maximum absolute atomic E-state index is 12.6. The molecule has 1 amide bonds. The van der Waals surface area contributed by atoms with Crippen LogP contribution in [0.3, 0.4) is 0 Å². The predicted octanol–water partition coefficient (Wildman–Crippen LogP) is 2.98. The zero-order valence-electron chi connectivity index (χ0n) is 11.5. The number of nitrogens with zero attached hydrogens (tertiary/aromatic N) is 2. The number of carbonyl (C=O) groups excluding carboxylic acids is 1. The molecule has 118 valence electrons. The number of hydrogen-bond acceptors (Lipinski definition) is 5. The van der Waals surface area contributed by atoms with Crippen molar-refractivity contribution in [2.45, 2.75) is 31.4 Å². The van der Waals surface area contributed by atoms with Gasteiger partial charge in [-0.05, 0) is 12.5 Å². The van der Waals surface area contributed by atoms with Gasteiger partial charge in [0.15, 0.2) is 0 Å². The van der Waals surface area contributed by atoms with E-state index in [0.717, 1.165) is 6.07 Å². The lowest BCUT2D eigenvalue weighted by Crippen LogP contribution is -2.41. The number of carbonyl (C=O) groups is 1. The number of piperidine rings is 1. The number of amides is 1. The van der Waals surface area contributed by atoms with Crippen molar-refractivity contribution in [2.75, 3.05) is 6.54 Å². The van der Waals surface area contributed by atoms with Gasteiger partial charge in [-0.25, -0.2) is 0 Å². The first-order chi connectivity index (χ1) is 10.3. The fourth-order valence-corrected chi connectivity index (χ4v) is 3.11. The lowest BCUT2D eigenvalue weighted by Gasteiger charge is -2.29. The first-order valence-electron chi connectivity index (χ1n) is 6.55. The minimum atomic E-state index is -4.39. The lowest BCUT2D eigenvalue weighted by atomic mass is 9.80. The van der Waals surface area contributed by atoms with Crippen LogP contribution in [-0.2, 0) is 16.4 Å². The van der Waals surface area contributed by atoms with Crippen LogP contribution in [0.5, 0.6) is 0 Å². The van der Waals surface area contributed by atoms with Crippen molar-refractivity contribution in [2.24, 2.45) is 0 Å². The van der Waals surface area contributed by atoms with E-state index in [-0.39, 0.29) is 29.6 Å². The normalized spacial score (nSPS) is 22.6. The van der Waals surface area contributed by atoms with Gasteiger partial charge in [-0.15, -0.1) is 11.3 Å². The molecule has 9 heteroatoms. The van der Waals surface area contributed by atoms with Crippen molar-refractivity contribution < 1.29 is 22.5 Å². The van der Waals surface area contributed by atoms with Gasteiger partial charge < -0.3 is 9.84 Å². The lowest BCUT2D eigenvalue weighted by molar-refractivity contribution is -0.134.